The van der Waals surface area contributed by atoms with Gasteiger partial charge >= 0.3 is 11.9 Å². The largest absolute Gasteiger partial charge is 0.507 e. The smallest absolute Gasteiger partial charge is 0.337 e. The van der Waals surface area contributed by atoms with Crippen LogP contribution in [0.25, 0.3) is 5.76 Å². The van der Waals surface area contributed by atoms with Crippen LogP contribution in [-0.2, 0) is 20.1 Å². The normalized spacial score (nSPS) is 17.3. The van der Waals surface area contributed by atoms with Crippen LogP contribution < -0.4 is 14.4 Å². The van der Waals surface area contributed by atoms with Crippen molar-refractivity contribution in [1.82, 2.24) is 10.2 Å². The summed E-state index contributed by atoms with van der Waals surface area (Å²) in [5.41, 5.74) is 1.68. The number of esters is 1. The van der Waals surface area contributed by atoms with E-state index in [1.54, 1.807) is 42.5 Å². The SMILES string of the molecule is COC(=O)c1ccc(C2/C(=C(/O)c3ccc4c(c3)OCCO4)C(=O)C(=O)N2c2nnc(SCc3ccc(F)cc3)s2)cc1. The van der Waals surface area contributed by atoms with E-state index >= 15 is 0 Å². The molecule has 1 unspecified atom stereocenters. The van der Waals surface area contributed by atoms with Gasteiger partial charge in [-0.3, -0.25) is 14.5 Å². The second-order valence-corrected chi connectivity index (χ2v) is 11.6. The summed E-state index contributed by atoms with van der Waals surface area (Å²) in [6, 6.07) is 15.9. The molecule has 218 valence electrons. The first kappa shape index (κ1) is 28.4. The maximum absolute atomic E-state index is 13.5. The van der Waals surface area contributed by atoms with E-state index in [0.717, 1.165) is 16.9 Å². The molecule has 2 aliphatic rings. The van der Waals surface area contributed by atoms with Crippen LogP contribution in [0, 0.1) is 5.82 Å². The van der Waals surface area contributed by atoms with E-state index < -0.39 is 29.5 Å². The predicted octanol–water partition coefficient (Wildman–Crippen LogP) is 5.15. The van der Waals surface area contributed by atoms with Crippen molar-refractivity contribution >= 4 is 51.6 Å². The summed E-state index contributed by atoms with van der Waals surface area (Å²) in [7, 11) is 1.26. The Morgan fingerprint density at radius 1 is 1.02 bits per heavy atom. The minimum atomic E-state index is -1.08. The molecule has 43 heavy (non-hydrogen) atoms. The first-order valence-corrected chi connectivity index (χ1v) is 14.7. The van der Waals surface area contributed by atoms with Gasteiger partial charge in [-0.1, -0.05) is 47.4 Å². The second-order valence-electron chi connectivity index (χ2n) is 9.41. The molecule has 2 aliphatic heterocycles. The Kier molecular flexibility index (Phi) is 7.82. The maximum atomic E-state index is 13.5. The fourth-order valence-corrected chi connectivity index (χ4v) is 6.52. The van der Waals surface area contributed by atoms with Crippen molar-refractivity contribution < 1.29 is 38.1 Å². The molecule has 0 radical (unpaired) electrons. The molecule has 0 aliphatic carbocycles. The number of anilines is 1. The summed E-state index contributed by atoms with van der Waals surface area (Å²) in [4.78, 5) is 40.3. The van der Waals surface area contributed by atoms with Crippen molar-refractivity contribution in [3.05, 3.63) is 100 Å². The average Bonchev–Trinajstić information content (AvgIpc) is 3.61. The molecule has 3 aromatic carbocycles. The Balaban J connectivity index is 1.39. The summed E-state index contributed by atoms with van der Waals surface area (Å²) in [6.07, 6.45) is 0. The number of methoxy groups -OCH3 is 1. The number of thioether (sulfide) groups is 1. The van der Waals surface area contributed by atoms with Crippen LogP contribution >= 0.6 is 23.1 Å². The van der Waals surface area contributed by atoms with E-state index in [2.05, 4.69) is 10.2 Å². The zero-order chi connectivity index (χ0) is 30.1. The Labute approximate surface area is 252 Å². The van der Waals surface area contributed by atoms with Gasteiger partial charge in [0.25, 0.3) is 5.78 Å². The Hall–Kier alpha value is -4.75. The minimum Gasteiger partial charge on any atom is -0.507 e. The number of ether oxygens (including phenoxy) is 3. The van der Waals surface area contributed by atoms with E-state index in [4.69, 9.17) is 14.2 Å². The third kappa shape index (κ3) is 5.56. The monoisotopic (exact) mass is 619 g/mol. The number of carbonyl (C=O) groups excluding carboxylic acids is 3. The molecular formula is C30H22FN3O7S2. The van der Waals surface area contributed by atoms with Crippen molar-refractivity contribution in [1.29, 1.82) is 0 Å². The van der Waals surface area contributed by atoms with Gasteiger partial charge in [-0.15, -0.1) is 10.2 Å². The lowest BCUT2D eigenvalue weighted by Gasteiger charge is -2.23. The standard InChI is InChI=1S/C30H22FN3O7S2/c1-39-28(38)18-6-4-17(5-7-18)24-23(25(35)19-8-11-21-22(14-19)41-13-12-40-21)26(36)27(37)34(24)29-32-33-30(43-29)42-15-16-2-9-20(31)10-3-16/h2-11,14,24,35H,12-13,15H2,1H3/b25-23-. The number of benzene rings is 3. The molecule has 13 heteroatoms. The number of amides is 1. The number of halogens is 1. The highest BCUT2D eigenvalue weighted by Crippen LogP contribution is 2.45. The Bertz CT molecular complexity index is 1760. The van der Waals surface area contributed by atoms with E-state index in [9.17, 15) is 23.9 Å². The Morgan fingerprint density at radius 2 is 1.72 bits per heavy atom. The fourth-order valence-electron chi connectivity index (χ4n) is 4.69. The number of aliphatic hydroxyl groups is 1. The summed E-state index contributed by atoms with van der Waals surface area (Å²) >= 11 is 2.45. The van der Waals surface area contributed by atoms with Crippen LogP contribution in [0.3, 0.4) is 0 Å². The lowest BCUT2D eigenvalue weighted by Crippen LogP contribution is -2.29. The Morgan fingerprint density at radius 3 is 2.44 bits per heavy atom. The van der Waals surface area contributed by atoms with E-state index in [1.165, 1.54) is 48.0 Å². The van der Waals surface area contributed by atoms with Gasteiger partial charge in [-0.25, -0.2) is 9.18 Å². The third-order valence-corrected chi connectivity index (χ3v) is 8.91. The number of rotatable bonds is 7. The molecular weight excluding hydrogens is 597 g/mol. The number of Topliss-reactive ketones (excluding diaryl/α,β-unsaturated/α-hetero) is 1. The zero-order valence-corrected chi connectivity index (χ0v) is 24.1. The van der Waals surface area contributed by atoms with Crippen LogP contribution in [-0.4, -0.2) is 53.3 Å². The van der Waals surface area contributed by atoms with Crippen LogP contribution in [0.5, 0.6) is 11.5 Å². The van der Waals surface area contributed by atoms with Gasteiger partial charge in [0.1, 0.15) is 24.8 Å². The number of fused-ring (bicyclic) bond motifs is 1. The quantitative estimate of drug-likeness (QED) is 0.0741. The van der Waals surface area contributed by atoms with E-state index in [-0.39, 0.29) is 27.6 Å². The van der Waals surface area contributed by atoms with Gasteiger partial charge in [0.05, 0.1) is 24.3 Å². The molecule has 1 fully saturated rings. The highest BCUT2D eigenvalue weighted by Gasteiger charge is 2.48. The van der Waals surface area contributed by atoms with Crippen LogP contribution in [0.1, 0.15) is 33.1 Å². The average molecular weight is 620 g/mol. The van der Waals surface area contributed by atoms with Crippen molar-refractivity contribution in [3.63, 3.8) is 0 Å². The third-order valence-electron chi connectivity index (χ3n) is 6.79. The van der Waals surface area contributed by atoms with Gasteiger partial charge in [-0.05, 0) is 53.6 Å². The molecule has 1 aromatic heterocycles. The summed E-state index contributed by atoms with van der Waals surface area (Å²) in [6.45, 7) is 0.712. The number of nitrogens with zero attached hydrogens (tertiary/aromatic N) is 3. The van der Waals surface area contributed by atoms with Gasteiger partial charge in [0, 0.05) is 11.3 Å². The topological polar surface area (TPSA) is 128 Å². The number of aliphatic hydroxyl groups excluding tert-OH is 1. The lowest BCUT2D eigenvalue weighted by molar-refractivity contribution is -0.132. The number of hydrogen-bond acceptors (Lipinski definition) is 11. The first-order chi connectivity index (χ1) is 20.8. The van der Waals surface area contributed by atoms with Crippen LogP contribution in [0.4, 0.5) is 9.52 Å². The predicted molar refractivity (Wildman–Crippen MR) is 156 cm³/mol. The number of carbonyl (C=O) groups is 3. The lowest BCUT2D eigenvalue weighted by atomic mass is 9.94. The second kappa shape index (κ2) is 11.9. The number of ketones is 1. The summed E-state index contributed by atoms with van der Waals surface area (Å²) in [5.74, 6) is -1.72. The van der Waals surface area contributed by atoms with Crippen LogP contribution in [0.15, 0.2) is 76.6 Å². The van der Waals surface area contributed by atoms with Gasteiger partial charge in [0.15, 0.2) is 15.8 Å². The van der Waals surface area contributed by atoms with Gasteiger partial charge in [-0.2, -0.15) is 0 Å². The van der Waals surface area contributed by atoms with Crippen molar-refractivity contribution in [2.24, 2.45) is 0 Å². The molecule has 0 bridgehead atoms. The van der Waals surface area contributed by atoms with Gasteiger partial charge in [0.2, 0.25) is 5.13 Å². The highest BCUT2D eigenvalue weighted by atomic mass is 32.2. The first-order valence-electron chi connectivity index (χ1n) is 12.9. The minimum absolute atomic E-state index is 0.145. The molecule has 10 nitrogen and oxygen atoms in total. The van der Waals surface area contributed by atoms with Crippen molar-refractivity contribution in [3.8, 4) is 11.5 Å². The molecule has 6 rings (SSSR count). The molecule has 4 aromatic rings. The van der Waals surface area contributed by atoms with E-state index in [1.807, 2.05) is 0 Å². The molecule has 3 heterocycles. The molecule has 1 saturated heterocycles. The van der Waals surface area contributed by atoms with Gasteiger partial charge < -0.3 is 19.3 Å². The summed E-state index contributed by atoms with van der Waals surface area (Å²) in [5, 5.41) is 20.0. The van der Waals surface area contributed by atoms with Crippen LogP contribution in [0.2, 0.25) is 0 Å². The fraction of sp³-hybridized carbons (Fsp3) is 0.167. The number of hydrogen-bond donors (Lipinski definition) is 1. The molecule has 1 atom stereocenters. The maximum Gasteiger partial charge on any atom is 0.337 e. The number of aromatic nitrogens is 2. The highest BCUT2D eigenvalue weighted by molar-refractivity contribution is 8.00. The molecule has 0 spiro atoms. The van der Waals surface area contributed by atoms with Crippen molar-refractivity contribution in [2.45, 2.75) is 16.1 Å². The zero-order valence-electron chi connectivity index (χ0n) is 22.5. The molecule has 0 saturated carbocycles. The van der Waals surface area contributed by atoms with E-state index in [0.29, 0.717) is 40.4 Å². The molecule has 1 N–H and O–H groups in total. The molecule has 1 amide bonds. The van der Waals surface area contributed by atoms with Crippen molar-refractivity contribution in [2.75, 3.05) is 25.2 Å². The summed E-state index contributed by atoms with van der Waals surface area (Å²) < 4.78 is 29.8.